The van der Waals surface area contributed by atoms with Gasteiger partial charge in [-0.2, -0.15) is 0 Å². The lowest BCUT2D eigenvalue weighted by Crippen LogP contribution is -2.34. The van der Waals surface area contributed by atoms with Gasteiger partial charge >= 0.3 is 0 Å². The number of aryl methyl sites for hydroxylation is 1. The number of hydrogen-bond donors (Lipinski definition) is 1. The molecule has 0 bridgehead atoms. The summed E-state index contributed by atoms with van der Waals surface area (Å²) in [7, 11) is 0.530. The third kappa shape index (κ3) is 5.72. The van der Waals surface area contributed by atoms with Gasteiger partial charge in [0.2, 0.25) is 21.9 Å². The van der Waals surface area contributed by atoms with E-state index in [-0.39, 0.29) is 17.7 Å². The zero-order valence-corrected chi connectivity index (χ0v) is 24.3. The van der Waals surface area contributed by atoms with Crippen LogP contribution >= 0.6 is 0 Å². The Morgan fingerprint density at radius 1 is 1.12 bits per heavy atom. The van der Waals surface area contributed by atoms with Crippen molar-refractivity contribution in [2.45, 2.75) is 57.4 Å². The molecule has 1 aliphatic heterocycles. The Morgan fingerprint density at radius 2 is 1.77 bits per heavy atom. The SMILES string of the molecule is CCCO[C@@H](c1ncc(C)cn1)[C@H](C)S(=O)(=O)Nc1nnc([C@H]2CCC(=O)N2C)n1-c1c(OC)cccc1OC. The normalized spacial score (nSPS) is 17.1. The van der Waals surface area contributed by atoms with Crippen molar-refractivity contribution in [3.63, 3.8) is 0 Å². The van der Waals surface area contributed by atoms with Crippen molar-refractivity contribution >= 4 is 21.9 Å². The van der Waals surface area contributed by atoms with E-state index in [9.17, 15) is 13.2 Å². The molecule has 216 valence electrons. The number of ether oxygens (including phenoxy) is 3. The molecule has 1 fully saturated rings. The van der Waals surface area contributed by atoms with Gasteiger partial charge in [-0.1, -0.05) is 13.0 Å². The number of amides is 1. The molecule has 3 aromatic rings. The number of carbonyl (C=O) groups excluding carboxylic acids is 1. The Labute approximate surface area is 233 Å². The lowest BCUT2D eigenvalue weighted by Gasteiger charge is -2.25. The molecule has 1 amide bonds. The van der Waals surface area contributed by atoms with E-state index in [0.717, 1.165) is 5.56 Å². The van der Waals surface area contributed by atoms with Gasteiger partial charge < -0.3 is 19.1 Å². The minimum absolute atomic E-state index is 0.0451. The van der Waals surface area contributed by atoms with Gasteiger partial charge in [0.1, 0.15) is 28.5 Å². The van der Waals surface area contributed by atoms with Crippen LogP contribution in [-0.4, -0.2) is 77.1 Å². The van der Waals surface area contributed by atoms with Crippen LogP contribution in [0.5, 0.6) is 11.5 Å². The molecule has 0 aliphatic carbocycles. The number of anilines is 1. The van der Waals surface area contributed by atoms with Crippen LogP contribution < -0.4 is 14.2 Å². The second kappa shape index (κ2) is 12.2. The maximum Gasteiger partial charge on any atom is 0.243 e. The van der Waals surface area contributed by atoms with Crippen LogP contribution in [0.15, 0.2) is 30.6 Å². The fourth-order valence-corrected chi connectivity index (χ4v) is 5.65. The average Bonchev–Trinajstić information content (AvgIpc) is 3.50. The Hall–Kier alpha value is -3.78. The zero-order valence-electron chi connectivity index (χ0n) is 23.5. The van der Waals surface area contributed by atoms with E-state index in [1.165, 1.54) is 25.7 Å². The maximum atomic E-state index is 13.8. The van der Waals surface area contributed by atoms with Gasteiger partial charge in [0.15, 0.2) is 11.6 Å². The number of methoxy groups -OCH3 is 2. The van der Waals surface area contributed by atoms with Crippen LogP contribution in [0.3, 0.4) is 0 Å². The molecule has 13 nitrogen and oxygen atoms in total. The van der Waals surface area contributed by atoms with E-state index in [1.54, 1.807) is 42.5 Å². The van der Waals surface area contributed by atoms with Crippen molar-refractivity contribution < 1.29 is 27.4 Å². The van der Waals surface area contributed by atoms with E-state index in [1.807, 2.05) is 13.8 Å². The number of rotatable bonds is 12. The third-order valence-electron chi connectivity index (χ3n) is 6.81. The summed E-state index contributed by atoms with van der Waals surface area (Å²) >= 11 is 0. The highest BCUT2D eigenvalue weighted by Crippen LogP contribution is 2.40. The molecule has 0 spiro atoms. The van der Waals surface area contributed by atoms with Crippen molar-refractivity contribution in [1.82, 2.24) is 29.6 Å². The topological polar surface area (TPSA) is 151 Å². The Morgan fingerprint density at radius 3 is 2.33 bits per heavy atom. The van der Waals surface area contributed by atoms with E-state index in [0.29, 0.717) is 48.9 Å². The number of aromatic nitrogens is 5. The first-order valence-corrected chi connectivity index (χ1v) is 14.5. The molecule has 1 aliphatic rings. The van der Waals surface area contributed by atoms with Crippen LogP contribution in [0, 0.1) is 6.92 Å². The van der Waals surface area contributed by atoms with E-state index in [4.69, 9.17) is 14.2 Å². The number of nitrogens with one attached hydrogen (secondary N) is 1. The lowest BCUT2D eigenvalue weighted by molar-refractivity contribution is -0.127. The van der Waals surface area contributed by atoms with Gasteiger partial charge in [-0.25, -0.2) is 18.4 Å². The molecule has 1 saturated heterocycles. The molecule has 1 aromatic carbocycles. The minimum Gasteiger partial charge on any atom is -0.494 e. The molecule has 3 heterocycles. The van der Waals surface area contributed by atoms with Crippen LogP contribution in [0.2, 0.25) is 0 Å². The molecule has 40 heavy (non-hydrogen) atoms. The molecule has 14 heteroatoms. The Balaban J connectivity index is 1.80. The summed E-state index contributed by atoms with van der Waals surface area (Å²) < 4.78 is 49.0. The Bertz CT molecular complexity index is 1420. The molecule has 4 rings (SSSR count). The van der Waals surface area contributed by atoms with Crippen LogP contribution in [0.1, 0.15) is 62.5 Å². The molecule has 3 atom stereocenters. The van der Waals surface area contributed by atoms with Crippen LogP contribution in [-0.2, 0) is 19.6 Å². The second-order valence-electron chi connectivity index (χ2n) is 9.55. The quantitative estimate of drug-likeness (QED) is 0.342. The van der Waals surface area contributed by atoms with Crippen LogP contribution in [0.25, 0.3) is 5.69 Å². The monoisotopic (exact) mass is 573 g/mol. The number of likely N-dealkylation sites (tertiary alicyclic amines) is 1. The van der Waals surface area contributed by atoms with Crippen molar-refractivity contribution in [2.75, 3.05) is 32.6 Å². The predicted molar refractivity (Wildman–Crippen MR) is 147 cm³/mol. The van der Waals surface area contributed by atoms with E-state index < -0.39 is 27.4 Å². The number of para-hydroxylation sites is 1. The van der Waals surface area contributed by atoms with Gasteiger partial charge in [-0.05, 0) is 44.4 Å². The first-order valence-electron chi connectivity index (χ1n) is 13.0. The first-order chi connectivity index (χ1) is 19.1. The number of hydrogen-bond acceptors (Lipinski definition) is 10. The van der Waals surface area contributed by atoms with Gasteiger partial charge in [-0.15, -0.1) is 10.2 Å². The second-order valence-corrected chi connectivity index (χ2v) is 11.6. The van der Waals surface area contributed by atoms with E-state index >= 15 is 0 Å². The smallest absolute Gasteiger partial charge is 0.243 e. The highest BCUT2D eigenvalue weighted by Gasteiger charge is 2.38. The van der Waals surface area contributed by atoms with Crippen molar-refractivity contribution in [3.05, 3.63) is 47.8 Å². The summed E-state index contributed by atoms with van der Waals surface area (Å²) in [6.45, 7) is 5.63. The van der Waals surface area contributed by atoms with Gasteiger partial charge in [-0.3, -0.25) is 14.1 Å². The first kappa shape index (κ1) is 29.2. The zero-order chi connectivity index (χ0) is 29.0. The number of carbonyl (C=O) groups is 1. The van der Waals surface area contributed by atoms with Crippen molar-refractivity contribution in [3.8, 4) is 17.2 Å². The molecular weight excluding hydrogens is 538 g/mol. The molecule has 1 N–H and O–H groups in total. The average molecular weight is 574 g/mol. The number of nitrogens with zero attached hydrogens (tertiary/aromatic N) is 6. The third-order valence-corrected chi connectivity index (χ3v) is 8.50. The summed E-state index contributed by atoms with van der Waals surface area (Å²) in [5.74, 6) is 1.29. The Kier molecular flexibility index (Phi) is 8.88. The lowest BCUT2D eigenvalue weighted by atomic mass is 10.2. The summed E-state index contributed by atoms with van der Waals surface area (Å²) in [5, 5.41) is 7.46. The molecule has 0 saturated carbocycles. The van der Waals surface area contributed by atoms with Crippen molar-refractivity contribution in [2.24, 2.45) is 0 Å². The highest BCUT2D eigenvalue weighted by atomic mass is 32.2. The molecular formula is C26H35N7O6S. The number of benzene rings is 1. The van der Waals surface area contributed by atoms with Crippen molar-refractivity contribution in [1.29, 1.82) is 0 Å². The van der Waals surface area contributed by atoms with Gasteiger partial charge in [0.25, 0.3) is 0 Å². The van der Waals surface area contributed by atoms with E-state index in [2.05, 4.69) is 24.9 Å². The predicted octanol–water partition coefficient (Wildman–Crippen LogP) is 2.97. The van der Waals surface area contributed by atoms with Gasteiger partial charge in [0.05, 0.1) is 20.3 Å². The summed E-state index contributed by atoms with van der Waals surface area (Å²) in [6.07, 6.45) is 3.81. The summed E-state index contributed by atoms with van der Waals surface area (Å²) in [4.78, 5) is 22.6. The fraction of sp³-hybridized carbons (Fsp3) is 0.500. The van der Waals surface area contributed by atoms with Crippen LogP contribution in [0.4, 0.5) is 5.95 Å². The number of sulfonamides is 1. The molecule has 2 aromatic heterocycles. The molecule has 0 unspecified atom stereocenters. The summed E-state index contributed by atoms with van der Waals surface area (Å²) in [5.41, 5.74) is 1.24. The molecule has 0 radical (unpaired) electrons. The highest BCUT2D eigenvalue weighted by molar-refractivity contribution is 7.93. The summed E-state index contributed by atoms with van der Waals surface area (Å²) in [6, 6.07) is 4.75. The fourth-order valence-electron chi connectivity index (χ4n) is 4.55. The minimum atomic E-state index is -4.15. The standard InChI is InChI=1S/C26H35N7O6S/c1-7-13-39-23(24-27-14-16(2)15-28-24)17(3)40(35,36)31-26-30-29-25(18-11-12-21(34)32(18)4)33(26)22-19(37-5)9-8-10-20(22)38-6/h8-10,14-15,17-18,23H,7,11-13H2,1-6H3,(H,30,31)/t17-,18+,23+/m0/s1. The van der Waals surface area contributed by atoms with Gasteiger partial charge in [0, 0.05) is 32.5 Å². The largest absolute Gasteiger partial charge is 0.494 e. The maximum absolute atomic E-state index is 13.8.